The third-order valence-corrected chi connectivity index (χ3v) is 12.5. The predicted octanol–water partition coefficient (Wildman–Crippen LogP) is 6.26. The maximum absolute atomic E-state index is 12.8. The van der Waals surface area contributed by atoms with Gasteiger partial charge in [0.15, 0.2) is 0 Å². The largest absolute Gasteiger partial charge is 0.435 e. The molecule has 0 unspecified atom stereocenters. The number of carbonyl (C=O) groups excluding carboxylic acids is 1. The molecule has 1 aliphatic rings. The van der Waals surface area contributed by atoms with Crippen LogP contribution >= 0.6 is 0 Å². The normalized spacial score (nSPS) is 20.7. The Morgan fingerprint density at radius 1 is 0.763 bits per heavy atom. The number of rotatable bonds is 7. The lowest BCUT2D eigenvalue weighted by molar-refractivity contribution is -0.253. The molecule has 3 aromatic carbocycles. The Morgan fingerprint density at radius 3 is 1.71 bits per heavy atom. The second-order valence-corrected chi connectivity index (χ2v) is 16.9. The van der Waals surface area contributed by atoms with E-state index in [2.05, 4.69) is 106 Å². The predicted molar refractivity (Wildman–Crippen MR) is 156 cm³/mol. The Hall–Kier alpha value is -2.73. The lowest BCUT2D eigenvalue weighted by Crippen LogP contribution is -2.66. The van der Waals surface area contributed by atoms with Crippen molar-refractivity contribution in [1.82, 2.24) is 0 Å². The SMILES string of the molecule is C[C@@H]1O[C@H](C(C)(C)C)OC(=O)[C@H]1Cc1ccc(CO[Si](c2ccccc2)(c2ccccc2)C(C)(C)C)cc1. The minimum Gasteiger partial charge on any atom is -0.435 e. The molecule has 202 valence electrons. The quantitative estimate of drug-likeness (QED) is 0.267. The summed E-state index contributed by atoms with van der Waals surface area (Å²) in [5, 5.41) is 2.47. The summed E-state index contributed by atoms with van der Waals surface area (Å²) >= 11 is 0. The summed E-state index contributed by atoms with van der Waals surface area (Å²) in [6, 6.07) is 29.8. The van der Waals surface area contributed by atoms with E-state index in [0.29, 0.717) is 13.0 Å². The van der Waals surface area contributed by atoms with E-state index in [4.69, 9.17) is 13.9 Å². The fourth-order valence-corrected chi connectivity index (χ4v) is 9.85. The highest BCUT2D eigenvalue weighted by Crippen LogP contribution is 2.37. The molecule has 4 rings (SSSR count). The van der Waals surface area contributed by atoms with Crippen molar-refractivity contribution >= 4 is 24.7 Å². The van der Waals surface area contributed by atoms with Gasteiger partial charge in [0.2, 0.25) is 6.29 Å². The molecule has 1 aliphatic heterocycles. The Morgan fingerprint density at radius 2 is 1.26 bits per heavy atom. The average molecular weight is 531 g/mol. The second-order valence-electron chi connectivity index (χ2n) is 12.6. The van der Waals surface area contributed by atoms with Gasteiger partial charge < -0.3 is 13.9 Å². The van der Waals surface area contributed by atoms with Gasteiger partial charge in [0, 0.05) is 5.41 Å². The molecule has 0 saturated carbocycles. The first-order chi connectivity index (χ1) is 17.9. The standard InChI is InChI=1S/C33H42O4Si/c1-24-29(30(34)37-31(36-24)32(2,3)4)22-25-18-20-26(21-19-25)23-35-38(33(5,6)7,27-14-10-8-11-15-27)28-16-12-9-13-17-28/h8-21,24,29,31H,22-23H2,1-7H3/t24-,29-,31-/m0/s1. The summed E-state index contributed by atoms with van der Waals surface area (Å²) in [5.74, 6) is -0.490. The van der Waals surface area contributed by atoms with Crippen LogP contribution in [0.1, 0.15) is 59.6 Å². The van der Waals surface area contributed by atoms with E-state index in [0.717, 1.165) is 11.1 Å². The third-order valence-electron chi connectivity index (χ3n) is 7.49. The van der Waals surface area contributed by atoms with Crippen LogP contribution in [0.5, 0.6) is 0 Å². The van der Waals surface area contributed by atoms with Gasteiger partial charge in [-0.2, -0.15) is 0 Å². The van der Waals surface area contributed by atoms with E-state index < -0.39 is 14.6 Å². The average Bonchev–Trinajstić information content (AvgIpc) is 2.87. The van der Waals surface area contributed by atoms with Gasteiger partial charge in [-0.1, -0.05) is 126 Å². The van der Waals surface area contributed by atoms with Crippen LogP contribution in [0.3, 0.4) is 0 Å². The van der Waals surface area contributed by atoms with Gasteiger partial charge in [-0.15, -0.1) is 0 Å². The number of benzene rings is 3. The summed E-state index contributed by atoms with van der Waals surface area (Å²) in [4.78, 5) is 12.8. The smallest absolute Gasteiger partial charge is 0.314 e. The van der Waals surface area contributed by atoms with E-state index in [9.17, 15) is 4.79 Å². The van der Waals surface area contributed by atoms with Gasteiger partial charge in [-0.25, -0.2) is 0 Å². The number of ether oxygens (including phenoxy) is 2. The molecule has 0 spiro atoms. The maximum Gasteiger partial charge on any atom is 0.314 e. The van der Waals surface area contributed by atoms with E-state index in [1.165, 1.54) is 10.4 Å². The molecule has 0 aromatic heterocycles. The van der Waals surface area contributed by atoms with Crippen LogP contribution in [0, 0.1) is 11.3 Å². The Kier molecular flexibility index (Phi) is 8.31. The van der Waals surface area contributed by atoms with Crippen LogP contribution in [0.15, 0.2) is 84.9 Å². The highest BCUT2D eigenvalue weighted by molar-refractivity contribution is 6.99. The first-order valence-corrected chi connectivity index (χ1v) is 15.5. The molecule has 1 heterocycles. The number of esters is 1. The molecule has 1 saturated heterocycles. The van der Waals surface area contributed by atoms with Gasteiger partial charge >= 0.3 is 5.97 Å². The second kappa shape index (κ2) is 11.2. The van der Waals surface area contributed by atoms with Crippen LogP contribution < -0.4 is 10.4 Å². The molecule has 0 bridgehead atoms. The molecular weight excluding hydrogens is 488 g/mol. The molecule has 0 amide bonds. The molecule has 38 heavy (non-hydrogen) atoms. The minimum absolute atomic E-state index is 0.0714. The van der Waals surface area contributed by atoms with Gasteiger partial charge in [0.05, 0.1) is 18.6 Å². The number of hydrogen-bond acceptors (Lipinski definition) is 4. The van der Waals surface area contributed by atoms with Crippen molar-refractivity contribution in [2.24, 2.45) is 11.3 Å². The van der Waals surface area contributed by atoms with E-state index in [1.54, 1.807) is 0 Å². The summed E-state index contributed by atoms with van der Waals surface area (Å²) in [6.45, 7) is 15.4. The Bertz CT molecular complexity index is 1150. The molecule has 5 heteroatoms. The minimum atomic E-state index is -2.60. The topological polar surface area (TPSA) is 44.8 Å². The summed E-state index contributed by atoms with van der Waals surface area (Å²) in [7, 11) is -2.60. The Balaban J connectivity index is 1.52. The number of carbonyl (C=O) groups is 1. The third kappa shape index (κ3) is 5.95. The van der Waals surface area contributed by atoms with Crippen LogP contribution in [-0.4, -0.2) is 26.7 Å². The zero-order valence-electron chi connectivity index (χ0n) is 23.9. The van der Waals surface area contributed by atoms with Crippen molar-refractivity contribution in [3.8, 4) is 0 Å². The van der Waals surface area contributed by atoms with Gasteiger partial charge in [0.1, 0.15) is 0 Å². The summed E-state index contributed by atoms with van der Waals surface area (Å²) in [5.41, 5.74) is 1.96. The first-order valence-electron chi connectivity index (χ1n) is 13.6. The summed E-state index contributed by atoms with van der Waals surface area (Å²) in [6.07, 6.45) is -0.118. The van der Waals surface area contributed by atoms with Crippen molar-refractivity contribution in [2.45, 2.75) is 78.9 Å². The number of cyclic esters (lactones) is 1. The Labute approximate surface area is 229 Å². The molecule has 3 atom stereocenters. The van der Waals surface area contributed by atoms with E-state index >= 15 is 0 Å². The molecule has 1 fully saturated rings. The van der Waals surface area contributed by atoms with Crippen molar-refractivity contribution in [2.75, 3.05) is 0 Å². The van der Waals surface area contributed by atoms with Gasteiger partial charge in [-0.05, 0) is 39.9 Å². The van der Waals surface area contributed by atoms with Crippen molar-refractivity contribution in [3.05, 3.63) is 96.1 Å². The van der Waals surface area contributed by atoms with Crippen LogP contribution in [0.2, 0.25) is 5.04 Å². The monoisotopic (exact) mass is 530 g/mol. The molecule has 0 N–H and O–H groups in total. The molecule has 0 aliphatic carbocycles. The van der Waals surface area contributed by atoms with Gasteiger partial charge in [-0.3, -0.25) is 4.79 Å². The lowest BCUT2D eigenvalue weighted by Gasteiger charge is -2.43. The molecular formula is C33H42O4Si. The fourth-order valence-electron chi connectivity index (χ4n) is 5.31. The van der Waals surface area contributed by atoms with Crippen LogP contribution in [0.25, 0.3) is 0 Å². The number of hydrogen-bond donors (Lipinski definition) is 0. The van der Waals surface area contributed by atoms with Gasteiger partial charge in [0.25, 0.3) is 8.32 Å². The highest BCUT2D eigenvalue weighted by atomic mass is 28.4. The highest BCUT2D eigenvalue weighted by Gasteiger charge is 2.50. The van der Waals surface area contributed by atoms with Crippen molar-refractivity contribution in [1.29, 1.82) is 0 Å². The lowest BCUT2D eigenvalue weighted by atomic mass is 9.90. The van der Waals surface area contributed by atoms with E-state index in [-0.39, 0.29) is 28.4 Å². The summed E-state index contributed by atoms with van der Waals surface area (Å²) < 4.78 is 18.8. The molecule has 0 radical (unpaired) electrons. The van der Waals surface area contributed by atoms with Crippen molar-refractivity contribution in [3.63, 3.8) is 0 Å². The van der Waals surface area contributed by atoms with Crippen LogP contribution in [-0.2, 0) is 31.7 Å². The fraction of sp³-hybridized carbons (Fsp3) is 0.424. The molecule has 4 nitrogen and oxygen atoms in total. The van der Waals surface area contributed by atoms with E-state index in [1.807, 2.05) is 27.7 Å². The zero-order valence-corrected chi connectivity index (χ0v) is 24.9. The first kappa shape index (κ1) is 28.3. The molecule has 3 aromatic rings. The van der Waals surface area contributed by atoms with Crippen molar-refractivity contribution < 1.29 is 18.7 Å². The zero-order chi connectivity index (χ0) is 27.6. The van der Waals surface area contributed by atoms with Crippen LogP contribution in [0.4, 0.5) is 0 Å². The maximum atomic E-state index is 12.8.